The Morgan fingerprint density at radius 2 is 1.75 bits per heavy atom. The highest BCUT2D eigenvalue weighted by Gasteiger charge is 2.05. The van der Waals surface area contributed by atoms with Crippen molar-refractivity contribution < 1.29 is 19.1 Å². The highest BCUT2D eigenvalue weighted by atomic mass is 16.5. The van der Waals surface area contributed by atoms with Crippen LogP contribution in [0.3, 0.4) is 0 Å². The first-order valence-corrected chi connectivity index (χ1v) is 7.47. The lowest BCUT2D eigenvalue weighted by atomic mass is 10.2. The largest absolute Gasteiger partial charge is 0.497 e. The van der Waals surface area contributed by atoms with Crippen molar-refractivity contribution in [3.8, 4) is 5.75 Å². The third kappa shape index (κ3) is 5.96. The first kappa shape index (κ1) is 17.3. The van der Waals surface area contributed by atoms with Gasteiger partial charge in [-0.2, -0.15) is 0 Å². The number of esters is 1. The molecule has 0 atom stereocenters. The lowest BCUT2D eigenvalue weighted by molar-refractivity contribution is -0.143. The summed E-state index contributed by atoms with van der Waals surface area (Å²) in [4.78, 5) is 23.2. The van der Waals surface area contributed by atoms with Crippen LogP contribution in [0.15, 0.2) is 60.7 Å². The van der Waals surface area contributed by atoms with Gasteiger partial charge in [-0.25, -0.2) is 4.79 Å². The van der Waals surface area contributed by atoms with Crippen LogP contribution in [0.2, 0.25) is 0 Å². The Balaban J connectivity index is 1.70. The van der Waals surface area contributed by atoms with Crippen LogP contribution in [-0.4, -0.2) is 25.6 Å². The van der Waals surface area contributed by atoms with Gasteiger partial charge in [-0.15, -0.1) is 0 Å². The summed E-state index contributed by atoms with van der Waals surface area (Å²) in [5.74, 6) is -0.157. The number of benzene rings is 2. The summed E-state index contributed by atoms with van der Waals surface area (Å²) < 4.78 is 9.96. The summed E-state index contributed by atoms with van der Waals surface area (Å²) >= 11 is 0. The number of hydrogen-bond acceptors (Lipinski definition) is 4. The molecule has 0 fully saturated rings. The van der Waals surface area contributed by atoms with E-state index < -0.39 is 5.97 Å². The number of ether oxygens (including phenoxy) is 2. The molecule has 1 N–H and O–H groups in total. The molecule has 2 rings (SSSR count). The van der Waals surface area contributed by atoms with Crippen LogP contribution >= 0.6 is 0 Å². The molecule has 0 spiro atoms. The van der Waals surface area contributed by atoms with Crippen LogP contribution in [0.25, 0.3) is 6.08 Å². The number of rotatable bonds is 7. The average Bonchev–Trinajstić information content (AvgIpc) is 2.64. The Hall–Kier alpha value is -3.08. The molecule has 2 aromatic carbocycles. The van der Waals surface area contributed by atoms with Gasteiger partial charge in [-0.3, -0.25) is 4.79 Å². The lowest BCUT2D eigenvalue weighted by Crippen LogP contribution is -2.28. The Morgan fingerprint density at radius 3 is 2.42 bits per heavy atom. The zero-order chi connectivity index (χ0) is 17.2. The second-order valence-corrected chi connectivity index (χ2v) is 4.98. The molecule has 0 aliphatic carbocycles. The highest BCUT2D eigenvalue weighted by molar-refractivity contribution is 5.89. The van der Waals surface area contributed by atoms with Crippen LogP contribution in [0, 0.1) is 0 Å². The average molecular weight is 325 g/mol. The molecule has 0 aliphatic rings. The molecule has 0 aliphatic heterocycles. The van der Waals surface area contributed by atoms with Gasteiger partial charge in [-0.1, -0.05) is 42.5 Å². The maximum absolute atomic E-state index is 11.7. The maximum Gasteiger partial charge on any atom is 0.331 e. The monoisotopic (exact) mass is 325 g/mol. The molecule has 0 bridgehead atoms. The van der Waals surface area contributed by atoms with Crippen LogP contribution < -0.4 is 10.1 Å². The van der Waals surface area contributed by atoms with Gasteiger partial charge in [0.05, 0.1) is 7.11 Å². The van der Waals surface area contributed by atoms with Gasteiger partial charge in [0, 0.05) is 12.6 Å². The molecule has 0 saturated carbocycles. The molecule has 124 valence electrons. The van der Waals surface area contributed by atoms with Crippen molar-refractivity contribution in [3.05, 3.63) is 71.8 Å². The van der Waals surface area contributed by atoms with Crippen molar-refractivity contribution in [1.82, 2.24) is 5.32 Å². The van der Waals surface area contributed by atoms with Gasteiger partial charge in [-0.05, 0) is 29.3 Å². The zero-order valence-electron chi connectivity index (χ0n) is 13.4. The fourth-order valence-corrected chi connectivity index (χ4v) is 1.91. The molecule has 5 heteroatoms. The smallest absolute Gasteiger partial charge is 0.331 e. The van der Waals surface area contributed by atoms with E-state index in [1.54, 1.807) is 13.2 Å². The number of nitrogens with one attached hydrogen (secondary N) is 1. The molecule has 5 nitrogen and oxygen atoms in total. The molecule has 0 unspecified atom stereocenters. The highest BCUT2D eigenvalue weighted by Crippen LogP contribution is 2.10. The lowest BCUT2D eigenvalue weighted by Gasteiger charge is -2.06. The minimum Gasteiger partial charge on any atom is -0.497 e. The summed E-state index contributed by atoms with van der Waals surface area (Å²) in [5, 5.41) is 2.68. The standard InChI is InChI=1S/C19H19NO4/c1-23-17-10-7-16(8-11-17)13-20-18(21)14-24-19(22)12-9-15-5-3-2-4-6-15/h2-12H,13-14H2,1H3,(H,20,21). The Labute approximate surface area is 140 Å². The molecular formula is C19H19NO4. The number of methoxy groups -OCH3 is 1. The quantitative estimate of drug-likeness (QED) is 0.628. The fourth-order valence-electron chi connectivity index (χ4n) is 1.91. The predicted octanol–water partition coefficient (Wildman–Crippen LogP) is 2.57. The van der Waals surface area contributed by atoms with Crippen molar-refractivity contribution >= 4 is 18.0 Å². The van der Waals surface area contributed by atoms with Gasteiger partial charge < -0.3 is 14.8 Å². The topological polar surface area (TPSA) is 64.6 Å². The van der Waals surface area contributed by atoms with Gasteiger partial charge in [0.2, 0.25) is 0 Å². The summed E-state index contributed by atoms with van der Waals surface area (Å²) in [5.41, 5.74) is 1.82. The van der Waals surface area contributed by atoms with Crippen LogP contribution in [0.5, 0.6) is 5.75 Å². The van der Waals surface area contributed by atoms with Crippen molar-refractivity contribution in [1.29, 1.82) is 0 Å². The SMILES string of the molecule is COc1ccc(CNC(=O)COC(=O)C=Cc2ccccc2)cc1. The molecule has 0 radical (unpaired) electrons. The Kier molecular flexibility index (Phi) is 6.58. The zero-order valence-corrected chi connectivity index (χ0v) is 13.4. The van der Waals surface area contributed by atoms with E-state index in [0.29, 0.717) is 6.54 Å². The molecule has 1 amide bonds. The van der Waals surface area contributed by atoms with E-state index in [0.717, 1.165) is 16.9 Å². The van der Waals surface area contributed by atoms with Crippen molar-refractivity contribution in [3.63, 3.8) is 0 Å². The summed E-state index contributed by atoms with van der Waals surface area (Å²) in [7, 11) is 1.59. The van der Waals surface area contributed by atoms with E-state index in [2.05, 4.69) is 5.32 Å². The number of amides is 1. The Morgan fingerprint density at radius 1 is 1.04 bits per heavy atom. The van der Waals surface area contributed by atoms with E-state index in [1.807, 2.05) is 54.6 Å². The van der Waals surface area contributed by atoms with Crippen molar-refractivity contribution in [2.24, 2.45) is 0 Å². The van der Waals surface area contributed by atoms with E-state index in [9.17, 15) is 9.59 Å². The predicted molar refractivity (Wildman–Crippen MR) is 91.3 cm³/mol. The van der Waals surface area contributed by atoms with Crippen LogP contribution in [0.4, 0.5) is 0 Å². The second-order valence-electron chi connectivity index (χ2n) is 4.98. The minimum absolute atomic E-state index is 0.311. The first-order chi connectivity index (χ1) is 11.7. The Bertz CT molecular complexity index is 693. The summed E-state index contributed by atoms with van der Waals surface area (Å²) in [6.45, 7) is 0.0500. The van der Waals surface area contributed by atoms with E-state index >= 15 is 0 Å². The number of carbonyl (C=O) groups excluding carboxylic acids is 2. The molecule has 0 aromatic heterocycles. The van der Waals surface area contributed by atoms with E-state index in [4.69, 9.17) is 9.47 Å². The van der Waals surface area contributed by atoms with Gasteiger partial charge >= 0.3 is 5.97 Å². The molecule has 24 heavy (non-hydrogen) atoms. The molecule has 0 saturated heterocycles. The van der Waals surface area contributed by atoms with Gasteiger partial charge in [0.15, 0.2) is 6.61 Å². The third-order valence-electron chi connectivity index (χ3n) is 3.21. The van der Waals surface area contributed by atoms with E-state index in [-0.39, 0.29) is 12.5 Å². The molecule has 2 aromatic rings. The van der Waals surface area contributed by atoms with Crippen LogP contribution in [0.1, 0.15) is 11.1 Å². The molecule has 0 heterocycles. The summed E-state index contributed by atoms with van der Waals surface area (Å²) in [6, 6.07) is 16.7. The fraction of sp³-hybridized carbons (Fsp3) is 0.158. The number of carbonyl (C=O) groups is 2. The third-order valence-corrected chi connectivity index (χ3v) is 3.21. The first-order valence-electron chi connectivity index (χ1n) is 7.47. The van der Waals surface area contributed by atoms with Crippen molar-refractivity contribution in [2.75, 3.05) is 13.7 Å². The summed E-state index contributed by atoms with van der Waals surface area (Å²) in [6.07, 6.45) is 2.93. The van der Waals surface area contributed by atoms with Gasteiger partial charge in [0.1, 0.15) is 5.75 Å². The maximum atomic E-state index is 11.7. The minimum atomic E-state index is -0.557. The van der Waals surface area contributed by atoms with Crippen molar-refractivity contribution in [2.45, 2.75) is 6.54 Å². The van der Waals surface area contributed by atoms with Gasteiger partial charge in [0.25, 0.3) is 5.91 Å². The van der Waals surface area contributed by atoms with E-state index in [1.165, 1.54) is 6.08 Å². The normalized spacial score (nSPS) is 10.4. The second kappa shape index (κ2) is 9.15. The number of hydrogen-bond donors (Lipinski definition) is 1. The molecular weight excluding hydrogens is 306 g/mol. The van der Waals surface area contributed by atoms with Crippen LogP contribution in [-0.2, 0) is 20.9 Å².